The maximum Gasteiger partial charge on any atom is 0.253 e. The minimum Gasteiger partial charge on any atom is -0.396 e. The van der Waals surface area contributed by atoms with E-state index in [2.05, 4.69) is 16.4 Å². The lowest BCUT2D eigenvalue weighted by Gasteiger charge is -2.26. The van der Waals surface area contributed by atoms with Crippen LogP contribution in [0.5, 0.6) is 0 Å². The number of aliphatic hydroxyl groups is 1. The second kappa shape index (κ2) is 9.49. The molecule has 0 unspecified atom stereocenters. The van der Waals surface area contributed by atoms with E-state index in [4.69, 9.17) is 17.0 Å². The third kappa shape index (κ3) is 4.90. The zero-order chi connectivity index (χ0) is 20.1. The summed E-state index contributed by atoms with van der Waals surface area (Å²) < 4.78 is 5.63. The zero-order valence-electron chi connectivity index (χ0n) is 16.6. The van der Waals surface area contributed by atoms with Crippen LogP contribution >= 0.6 is 12.2 Å². The van der Waals surface area contributed by atoms with Crippen molar-refractivity contribution in [1.82, 2.24) is 15.2 Å². The van der Waals surface area contributed by atoms with E-state index < -0.39 is 0 Å². The first-order chi connectivity index (χ1) is 13.5. The van der Waals surface area contributed by atoms with E-state index in [1.807, 2.05) is 30.9 Å². The summed E-state index contributed by atoms with van der Waals surface area (Å²) in [5.74, 6) is 0. The van der Waals surface area contributed by atoms with Crippen LogP contribution < -0.4 is 10.9 Å². The maximum absolute atomic E-state index is 12.7. The number of benzene rings is 1. The average molecular weight is 404 g/mol. The number of ether oxygens (including phenoxy) is 1. The van der Waals surface area contributed by atoms with Crippen LogP contribution in [0.4, 0.5) is 0 Å². The summed E-state index contributed by atoms with van der Waals surface area (Å²) in [5.41, 5.74) is 3.69. The molecule has 0 amide bonds. The number of nitrogens with zero attached hydrogens (tertiary/aromatic N) is 1. The highest BCUT2D eigenvalue weighted by Gasteiger charge is 2.18. The number of thiocarbonyl (C=S) groups is 1. The molecule has 1 saturated heterocycles. The molecule has 1 aromatic carbocycles. The number of rotatable bonds is 7. The number of nitrogens with one attached hydrogen (secondary N) is 2. The fraction of sp³-hybridized carbons (Fsp3) is 0.524. The van der Waals surface area contributed by atoms with Gasteiger partial charge in [0, 0.05) is 31.9 Å². The SMILES string of the molecule is Cc1ccc2cc(CN(CCCO)C(=S)NC[C@@H]3CCCO3)c(=O)[nH]c2c1C. The molecule has 2 heterocycles. The normalized spacial score (nSPS) is 16.5. The fourth-order valence-corrected chi connectivity index (χ4v) is 3.76. The lowest BCUT2D eigenvalue weighted by molar-refractivity contribution is 0.113. The first-order valence-electron chi connectivity index (χ1n) is 9.87. The first-order valence-corrected chi connectivity index (χ1v) is 10.3. The van der Waals surface area contributed by atoms with Crippen LogP contribution in [0.2, 0.25) is 0 Å². The Kier molecular flexibility index (Phi) is 7.04. The number of hydrogen-bond acceptors (Lipinski definition) is 4. The van der Waals surface area contributed by atoms with Gasteiger partial charge in [0.15, 0.2) is 5.11 Å². The van der Waals surface area contributed by atoms with Gasteiger partial charge in [-0.25, -0.2) is 0 Å². The van der Waals surface area contributed by atoms with Crippen molar-refractivity contribution < 1.29 is 9.84 Å². The molecule has 28 heavy (non-hydrogen) atoms. The van der Waals surface area contributed by atoms with E-state index in [1.165, 1.54) is 0 Å². The number of hydrogen-bond donors (Lipinski definition) is 3. The minimum absolute atomic E-state index is 0.0808. The first kappa shape index (κ1) is 20.8. The molecule has 0 saturated carbocycles. The molecule has 7 heteroatoms. The monoisotopic (exact) mass is 403 g/mol. The second-order valence-corrected chi connectivity index (χ2v) is 7.80. The fourth-order valence-electron chi connectivity index (χ4n) is 3.53. The molecular weight excluding hydrogens is 374 g/mol. The van der Waals surface area contributed by atoms with Crippen LogP contribution in [0, 0.1) is 13.8 Å². The Balaban J connectivity index is 1.77. The van der Waals surface area contributed by atoms with Gasteiger partial charge in [-0.15, -0.1) is 0 Å². The van der Waals surface area contributed by atoms with Crippen LogP contribution in [0.25, 0.3) is 10.9 Å². The standard InChI is InChI=1S/C21H29N3O3S/c1-14-6-7-16-11-17(20(26)23-19(16)15(14)2)13-24(8-4-9-25)21(28)22-12-18-5-3-10-27-18/h6-7,11,18,25H,3-5,8-10,12-13H2,1-2H3,(H,22,28)(H,23,26)/t18-/m0/s1. The molecule has 0 aliphatic carbocycles. The predicted molar refractivity (Wildman–Crippen MR) is 116 cm³/mol. The summed E-state index contributed by atoms with van der Waals surface area (Å²) in [7, 11) is 0. The molecule has 152 valence electrons. The predicted octanol–water partition coefficient (Wildman–Crippen LogP) is 2.38. The highest BCUT2D eigenvalue weighted by Crippen LogP contribution is 2.19. The van der Waals surface area contributed by atoms with Gasteiger partial charge in [-0.1, -0.05) is 12.1 Å². The van der Waals surface area contributed by atoms with Crippen LogP contribution in [0.15, 0.2) is 23.0 Å². The van der Waals surface area contributed by atoms with Gasteiger partial charge in [0.25, 0.3) is 5.56 Å². The van der Waals surface area contributed by atoms with Gasteiger partial charge in [-0.05, 0) is 67.9 Å². The van der Waals surface area contributed by atoms with Crippen molar-refractivity contribution in [2.75, 3.05) is 26.3 Å². The second-order valence-electron chi connectivity index (χ2n) is 7.42. The third-order valence-corrected chi connectivity index (χ3v) is 5.77. The molecule has 6 nitrogen and oxygen atoms in total. The van der Waals surface area contributed by atoms with Gasteiger partial charge in [0.1, 0.15) is 0 Å². The van der Waals surface area contributed by atoms with Crippen molar-refractivity contribution >= 4 is 28.2 Å². The van der Waals surface area contributed by atoms with Crippen LogP contribution in [-0.4, -0.2) is 52.5 Å². The van der Waals surface area contributed by atoms with E-state index in [9.17, 15) is 9.90 Å². The Morgan fingerprint density at radius 3 is 2.96 bits per heavy atom. The average Bonchev–Trinajstić information content (AvgIpc) is 3.21. The molecule has 1 aliphatic rings. The molecule has 3 N–H and O–H groups in total. The summed E-state index contributed by atoms with van der Waals surface area (Å²) in [4.78, 5) is 17.7. The topological polar surface area (TPSA) is 77.6 Å². The largest absolute Gasteiger partial charge is 0.396 e. The van der Waals surface area contributed by atoms with Gasteiger partial charge in [-0.2, -0.15) is 0 Å². The summed E-state index contributed by atoms with van der Waals surface area (Å²) in [6.45, 7) is 6.59. The quantitative estimate of drug-likeness (QED) is 0.616. The van der Waals surface area contributed by atoms with Gasteiger partial charge < -0.3 is 25.0 Å². The van der Waals surface area contributed by atoms with Gasteiger partial charge in [-0.3, -0.25) is 4.79 Å². The summed E-state index contributed by atoms with van der Waals surface area (Å²) >= 11 is 5.56. The maximum atomic E-state index is 12.7. The number of fused-ring (bicyclic) bond motifs is 1. The molecule has 3 rings (SSSR count). The van der Waals surface area contributed by atoms with Gasteiger partial charge >= 0.3 is 0 Å². The molecule has 1 aromatic heterocycles. The van der Waals surface area contributed by atoms with Crippen molar-refractivity contribution in [1.29, 1.82) is 0 Å². The van der Waals surface area contributed by atoms with E-state index >= 15 is 0 Å². The molecule has 1 aliphatic heterocycles. The van der Waals surface area contributed by atoms with Crippen LogP contribution in [0.1, 0.15) is 36.0 Å². The highest BCUT2D eigenvalue weighted by molar-refractivity contribution is 7.80. The van der Waals surface area contributed by atoms with Gasteiger partial charge in [0.05, 0.1) is 18.2 Å². The zero-order valence-corrected chi connectivity index (χ0v) is 17.4. The Morgan fingerprint density at radius 2 is 2.25 bits per heavy atom. The molecule has 0 radical (unpaired) electrons. The Morgan fingerprint density at radius 1 is 1.43 bits per heavy atom. The Bertz CT molecular complexity index is 890. The van der Waals surface area contributed by atoms with Crippen molar-refractivity contribution in [3.8, 4) is 0 Å². The van der Waals surface area contributed by atoms with Crippen LogP contribution in [-0.2, 0) is 11.3 Å². The van der Waals surface area contributed by atoms with Crippen molar-refractivity contribution in [3.05, 3.63) is 45.2 Å². The number of H-pyrrole nitrogens is 1. The highest BCUT2D eigenvalue weighted by atomic mass is 32.1. The number of pyridine rings is 1. The molecule has 2 aromatic rings. The lowest BCUT2D eigenvalue weighted by atomic mass is 10.0. The van der Waals surface area contributed by atoms with E-state index in [-0.39, 0.29) is 18.3 Å². The number of aromatic nitrogens is 1. The Labute approximate surface area is 170 Å². The smallest absolute Gasteiger partial charge is 0.253 e. The van der Waals surface area contributed by atoms with E-state index in [0.29, 0.717) is 36.7 Å². The lowest BCUT2D eigenvalue weighted by Crippen LogP contribution is -2.43. The molecular formula is C21H29N3O3S. The molecule has 0 spiro atoms. The van der Waals surface area contributed by atoms with Crippen molar-refractivity contribution in [3.63, 3.8) is 0 Å². The molecule has 1 atom stereocenters. The van der Waals surface area contributed by atoms with E-state index in [1.54, 1.807) is 0 Å². The van der Waals surface area contributed by atoms with Crippen LogP contribution in [0.3, 0.4) is 0 Å². The molecule has 1 fully saturated rings. The summed E-state index contributed by atoms with van der Waals surface area (Å²) in [6, 6.07) is 6.04. The third-order valence-electron chi connectivity index (χ3n) is 5.37. The summed E-state index contributed by atoms with van der Waals surface area (Å²) in [6.07, 6.45) is 2.90. The minimum atomic E-state index is -0.0999. The molecule has 0 bridgehead atoms. The summed E-state index contributed by atoms with van der Waals surface area (Å²) in [5, 5.41) is 14.1. The number of aromatic amines is 1. The van der Waals surface area contributed by atoms with Gasteiger partial charge in [0.2, 0.25) is 0 Å². The number of aliphatic hydroxyl groups excluding tert-OH is 1. The number of aryl methyl sites for hydroxylation is 2. The van der Waals surface area contributed by atoms with Crippen molar-refractivity contribution in [2.24, 2.45) is 0 Å². The van der Waals surface area contributed by atoms with E-state index in [0.717, 1.165) is 41.5 Å². The van der Waals surface area contributed by atoms with Crippen molar-refractivity contribution in [2.45, 2.75) is 45.8 Å². The Hall–Kier alpha value is -1.96.